The lowest BCUT2D eigenvalue weighted by Gasteiger charge is -2.05. The van der Waals surface area contributed by atoms with Gasteiger partial charge in [0.25, 0.3) is 0 Å². The lowest BCUT2D eigenvalue weighted by atomic mass is 10.2. The van der Waals surface area contributed by atoms with E-state index in [1.54, 1.807) is 30.4 Å². The van der Waals surface area contributed by atoms with Crippen LogP contribution in [0.1, 0.15) is 36.3 Å². The monoisotopic (exact) mass is 242 g/mol. The average molecular weight is 242 g/mol. The normalized spacial score (nSPS) is 11.1. The average Bonchev–Trinajstić information content (AvgIpc) is 2.40. The van der Waals surface area contributed by atoms with Crippen molar-refractivity contribution >= 4 is 17.7 Å². The summed E-state index contributed by atoms with van der Waals surface area (Å²) in [6.07, 6.45) is 1.08. The van der Waals surface area contributed by atoms with Gasteiger partial charge >= 0.3 is 5.97 Å². The number of hydrogen-bond donors (Lipinski definition) is 1. The van der Waals surface area contributed by atoms with E-state index in [0.29, 0.717) is 17.2 Å². The third-order valence-corrected chi connectivity index (χ3v) is 3.50. The Kier molecular flexibility index (Phi) is 4.41. The fourth-order valence-electron chi connectivity index (χ4n) is 1.44. The molecule has 5 heteroatoms. The van der Waals surface area contributed by atoms with Crippen LogP contribution < -0.4 is 0 Å². The molecule has 0 radical (unpaired) electrons. The summed E-state index contributed by atoms with van der Waals surface area (Å²) in [6, 6.07) is 0. The van der Waals surface area contributed by atoms with E-state index < -0.39 is 5.97 Å². The van der Waals surface area contributed by atoms with Gasteiger partial charge in [0.2, 0.25) is 0 Å². The number of rotatable bonds is 5. The number of nitrogens with zero attached hydrogens (tertiary/aromatic N) is 2. The molecule has 0 atom stereocenters. The van der Waals surface area contributed by atoms with Crippen LogP contribution in [0, 0.1) is 12.8 Å². The van der Waals surface area contributed by atoms with E-state index in [4.69, 9.17) is 5.11 Å². The topological polar surface area (TPSA) is 55.1 Å². The van der Waals surface area contributed by atoms with Crippen molar-refractivity contribution in [2.24, 2.45) is 13.0 Å². The molecule has 1 heterocycles. The number of aromatic nitrogens is 2. The van der Waals surface area contributed by atoms with Gasteiger partial charge in [-0.1, -0.05) is 13.8 Å². The largest absolute Gasteiger partial charge is 0.478 e. The van der Waals surface area contributed by atoms with Crippen molar-refractivity contribution in [1.29, 1.82) is 0 Å². The van der Waals surface area contributed by atoms with E-state index in [0.717, 1.165) is 17.2 Å². The molecular formula is C11H18N2O2S. The van der Waals surface area contributed by atoms with Gasteiger partial charge in [-0.2, -0.15) is 5.10 Å². The summed E-state index contributed by atoms with van der Waals surface area (Å²) in [5.41, 5.74) is 0.929. The standard InChI is InChI=1S/C11H18N2O2S/c1-7(2)5-6-16-10-9(11(14)15)8(3)12-13(10)4/h7H,5-6H2,1-4H3,(H,14,15). The highest BCUT2D eigenvalue weighted by atomic mass is 32.2. The molecule has 0 bridgehead atoms. The minimum Gasteiger partial charge on any atom is -0.478 e. The van der Waals surface area contributed by atoms with Gasteiger partial charge in [-0.15, -0.1) is 11.8 Å². The molecule has 0 spiro atoms. The van der Waals surface area contributed by atoms with E-state index in [1.807, 2.05) is 0 Å². The van der Waals surface area contributed by atoms with Crippen molar-refractivity contribution in [3.05, 3.63) is 11.3 Å². The first-order valence-corrected chi connectivity index (χ1v) is 6.31. The lowest BCUT2D eigenvalue weighted by molar-refractivity contribution is 0.0692. The predicted octanol–water partition coefficient (Wildman–Crippen LogP) is 2.56. The van der Waals surface area contributed by atoms with Gasteiger partial charge in [-0.25, -0.2) is 4.79 Å². The second-order valence-electron chi connectivity index (χ2n) is 4.23. The van der Waals surface area contributed by atoms with Gasteiger partial charge in [0.15, 0.2) is 0 Å². The Morgan fingerprint density at radius 2 is 2.19 bits per heavy atom. The molecule has 0 saturated carbocycles. The van der Waals surface area contributed by atoms with Crippen molar-refractivity contribution < 1.29 is 9.90 Å². The molecule has 0 aromatic carbocycles. The molecule has 0 aliphatic rings. The highest BCUT2D eigenvalue weighted by Crippen LogP contribution is 2.26. The van der Waals surface area contributed by atoms with Crippen molar-refractivity contribution in [3.63, 3.8) is 0 Å². The highest BCUT2D eigenvalue weighted by molar-refractivity contribution is 7.99. The lowest BCUT2D eigenvalue weighted by Crippen LogP contribution is -2.01. The van der Waals surface area contributed by atoms with Crippen molar-refractivity contribution in [1.82, 2.24) is 9.78 Å². The molecule has 0 fully saturated rings. The van der Waals surface area contributed by atoms with Crippen LogP contribution in [0.3, 0.4) is 0 Å². The van der Waals surface area contributed by atoms with Crippen LogP contribution >= 0.6 is 11.8 Å². The SMILES string of the molecule is Cc1nn(C)c(SCCC(C)C)c1C(=O)O. The third kappa shape index (κ3) is 3.01. The fraction of sp³-hybridized carbons (Fsp3) is 0.636. The van der Waals surface area contributed by atoms with Crippen LogP contribution in [0.5, 0.6) is 0 Å². The highest BCUT2D eigenvalue weighted by Gasteiger charge is 2.19. The van der Waals surface area contributed by atoms with Gasteiger partial charge in [-0.05, 0) is 25.0 Å². The number of aromatic carboxylic acids is 1. The third-order valence-electron chi connectivity index (χ3n) is 2.32. The smallest absolute Gasteiger partial charge is 0.340 e. The number of carboxylic acid groups (broad SMARTS) is 1. The fourth-order valence-corrected chi connectivity index (χ4v) is 2.83. The van der Waals surface area contributed by atoms with Gasteiger partial charge < -0.3 is 5.11 Å². The van der Waals surface area contributed by atoms with Crippen molar-refractivity contribution in [2.45, 2.75) is 32.2 Å². The second-order valence-corrected chi connectivity index (χ2v) is 5.31. The molecule has 0 unspecified atom stereocenters. The first kappa shape index (κ1) is 13.1. The van der Waals surface area contributed by atoms with E-state index in [9.17, 15) is 4.79 Å². The maximum atomic E-state index is 11.1. The second kappa shape index (κ2) is 5.39. The summed E-state index contributed by atoms with van der Waals surface area (Å²) < 4.78 is 1.66. The van der Waals surface area contributed by atoms with Gasteiger partial charge in [0, 0.05) is 7.05 Å². The zero-order valence-electron chi connectivity index (χ0n) is 10.1. The Morgan fingerprint density at radius 3 is 2.69 bits per heavy atom. The summed E-state index contributed by atoms with van der Waals surface area (Å²) >= 11 is 1.57. The number of carboxylic acids is 1. The molecular weight excluding hydrogens is 224 g/mol. The van der Waals surface area contributed by atoms with Crippen molar-refractivity contribution in [2.75, 3.05) is 5.75 Å². The Bertz CT molecular complexity index is 386. The molecule has 1 aromatic rings. The summed E-state index contributed by atoms with van der Waals surface area (Å²) in [5, 5.41) is 14.0. The molecule has 0 saturated heterocycles. The molecule has 0 aliphatic carbocycles. The van der Waals surface area contributed by atoms with Crippen LogP contribution in [-0.4, -0.2) is 26.6 Å². The zero-order valence-corrected chi connectivity index (χ0v) is 11.0. The van der Waals surface area contributed by atoms with Crippen LogP contribution in [0.4, 0.5) is 0 Å². The number of carbonyl (C=O) groups is 1. The molecule has 0 amide bonds. The molecule has 4 nitrogen and oxygen atoms in total. The van der Waals surface area contributed by atoms with Gasteiger partial charge in [0.1, 0.15) is 10.6 Å². The Balaban J connectivity index is 2.82. The molecule has 90 valence electrons. The minimum atomic E-state index is -0.891. The number of aryl methyl sites for hydroxylation is 2. The van der Waals surface area contributed by atoms with Gasteiger partial charge in [-0.3, -0.25) is 4.68 Å². The van der Waals surface area contributed by atoms with E-state index in [1.165, 1.54) is 0 Å². The minimum absolute atomic E-state index is 0.344. The van der Waals surface area contributed by atoms with E-state index >= 15 is 0 Å². The first-order valence-electron chi connectivity index (χ1n) is 5.33. The van der Waals surface area contributed by atoms with Crippen LogP contribution in [0.2, 0.25) is 0 Å². The Hall–Kier alpha value is -0.970. The summed E-state index contributed by atoms with van der Waals surface area (Å²) in [4.78, 5) is 11.1. The number of hydrogen-bond acceptors (Lipinski definition) is 3. The molecule has 0 aliphatic heterocycles. The van der Waals surface area contributed by atoms with Crippen LogP contribution in [0.25, 0.3) is 0 Å². The quantitative estimate of drug-likeness (QED) is 0.806. The summed E-state index contributed by atoms with van der Waals surface area (Å²) in [7, 11) is 1.79. The molecule has 16 heavy (non-hydrogen) atoms. The molecule has 1 N–H and O–H groups in total. The van der Waals surface area contributed by atoms with E-state index in [-0.39, 0.29) is 0 Å². The Morgan fingerprint density at radius 1 is 1.56 bits per heavy atom. The molecule has 1 rings (SSSR count). The summed E-state index contributed by atoms with van der Waals surface area (Å²) in [5.74, 6) is 0.671. The maximum absolute atomic E-state index is 11.1. The summed E-state index contributed by atoms with van der Waals surface area (Å²) in [6.45, 7) is 6.05. The van der Waals surface area contributed by atoms with Gasteiger partial charge in [0.05, 0.1) is 5.69 Å². The first-order chi connectivity index (χ1) is 7.43. The maximum Gasteiger partial charge on any atom is 0.340 e. The zero-order chi connectivity index (χ0) is 12.3. The van der Waals surface area contributed by atoms with Crippen LogP contribution in [-0.2, 0) is 7.05 Å². The van der Waals surface area contributed by atoms with Crippen molar-refractivity contribution in [3.8, 4) is 0 Å². The van der Waals surface area contributed by atoms with Crippen LogP contribution in [0.15, 0.2) is 5.03 Å². The van der Waals surface area contributed by atoms with E-state index in [2.05, 4.69) is 18.9 Å². The predicted molar refractivity (Wildman–Crippen MR) is 65.1 cm³/mol. The molecule has 1 aromatic heterocycles. The number of thioether (sulfide) groups is 1. The Labute approximate surface area is 100 Å².